The Labute approximate surface area is 181 Å². The predicted molar refractivity (Wildman–Crippen MR) is 119 cm³/mol. The molecule has 1 aliphatic rings. The fraction of sp³-hybridized carbons (Fsp3) is 0.304. The summed E-state index contributed by atoms with van der Waals surface area (Å²) in [6.45, 7) is 3.37. The monoisotopic (exact) mass is 419 g/mol. The minimum Gasteiger partial charge on any atom is -0.316 e. The number of thioether (sulfide) groups is 1. The molecule has 2 heterocycles. The third-order valence-electron chi connectivity index (χ3n) is 5.14. The van der Waals surface area contributed by atoms with Crippen molar-refractivity contribution in [2.24, 2.45) is 0 Å². The molecule has 0 spiro atoms. The van der Waals surface area contributed by atoms with Crippen LogP contribution in [0.5, 0.6) is 0 Å². The molecule has 154 valence electrons. The van der Waals surface area contributed by atoms with E-state index in [4.69, 9.17) is 0 Å². The van der Waals surface area contributed by atoms with E-state index in [1.807, 2.05) is 42.2 Å². The van der Waals surface area contributed by atoms with Gasteiger partial charge in [-0.1, -0.05) is 48.2 Å². The number of hydrogen-bond acceptors (Lipinski definition) is 5. The quantitative estimate of drug-likeness (QED) is 0.507. The average molecular weight is 420 g/mol. The van der Waals surface area contributed by atoms with Crippen LogP contribution < -0.4 is 0 Å². The van der Waals surface area contributed by atoms with Crippen LogP contribution in [-0.4, -0.2) is 42.9 Å². The van der Waals surface area contributed by atoms with Crippen molar-refractivity contribution in [2.45, 2.75) is 37.9 Å². The van der Waals surface area contributed by atoms with Crippen LogP contribution in [0.4, 0.5) is 0 Å². The second-order valence-electron chi connectivity index (χ2n) is 7.13. The highest BCUT2D eigenvalue weighted by Crippen LogP contribution is 2.27. The fourth-order valence-corrected chi connectivity index (χ4v) is 4.48. The first kappa shape index (κ1) is 20.3. The Morgan fingerprint density at radius 3 is 2.63 bits per heavy atom. The third kappa shape index (κ3) is 4.62. The number of pyridine rings is 1. The highest BCUT2D eigenvalue weighted by molar-refractivity contribution is 7.99. The van der Waals surface area contributed by atoms with E-state index >= 15 is 0 Å². The number of aromatic nitrogens is 4. The second kappa shape index (κ2) is 9.71. The number of carbonyl (C=O) groups excluding carboxylic acids is 1. The topological polar surface area (TPSA) is 63.9 Å². The van der Waals surface area contributed by atoms with Crippen LogP contribution in [-0.2, 0) is 11.3 Å². The summed E-state index contributed by atoms with van der Waals surface area (Å²) in [7, 11) is 0. The van der Waals surface area contributed by atoms with E-state index in [1.54, 1.807) is 12.4 Å². The number of benzene rings is 1. The zero-order chi connectivity index (χ0) is 20.8. The summed E-state index contributed by atoms with van der Waals surface area (Å²) in [5, 5.41) is 9.59. The highest BCUT2D eigenvalue weighted by Gasteiger charge is 2.21. The molecule has 0 N–H and O–H groups in total. The zero-order valence-electron chi connectivity index (χ0n) is 17.1. The summed E-state index contributed by atoms with van der Waals surface area (Å²) in [4.78, 5) is 18.9. The van der Waals surface area contributed by atoms with Crippen molar-refractivity contribution in [3.05, 3.63) is 72.2 Å². The van der Waals surface area contributed by atoms with Gasteiger partial charge in [-0.15, -0.1) is 10.2 Å². The maximum Gasteiger partial charge on any atom is 0.237 e. The predicted octanol–water partition coefficient (Wildman–Crippen LogP) is 4.40. The van der Waals surface area contributed by atoms with Gasteiger partial charge in [0, 0.05) is 30.2 Å². The molecule has 1 amide bonds. The van der Waals surface area contributed by atoms with Gasteiger partial charge in [-0.2, -0.15) is 0 Å². The Hall–Kier alpha value is -2.93. The average Bonchev–Trinajstić information content (AvgIpc) is 3.45. The number of carbonyl (C=O) groups is 1. The normalized spacial score (nSPS) is 13.3. The van der Waals surface area contributed by atoms with Crippen LogP contribution in [0.15, 0.2) is 71.8 Å². The van der Waals surface area contributed by atoms with Gasteiger partial charge in [0.05, 0.1) is 12.3 Å². The van der Waals surface area contributed by atoms with Crippen LogP contribution in [0.25, 0.3) is 11.4 Å². The van der Waals surface area contributed by atoms with Crippen molar-refractivity contribution in [3.63, 3.8) is 0 Å². The van der Waals surface area contributed by atoms with Crippen LogP contribution in [0, 0.1) is 0 Å². The van der Waals surface area contributed by atoms with Gasteiger partial charge in [-0.3, -0.25) is 14.3 Å². The molecule has 0 saturated heterocycles. The first-order valence-corrected chi connectivity index (χ1v) is 11.2. The molecule has 0 aliphatic heterocycles. The molecular weight excluding hydrogens is 394 g/mol. The van der Waals surface area contributed by atoms with Gasteiger partial charge in [0.15, 0.2) is 11.0 Å². The lowest BCUT2D eigenvalue weighted by atomic mass is 10.2. The molecule has 3 aromatic rings. The number of nitrogens with zero attached hydrogens (tertiary/aromatic N) is 5. The summed E-state index contributed by atoms with van der Waals surface area (Å²) in [5.74, 6) is 1.24. The Bertz CT molecular complexity index is 1020. The van der Waals surface area contributed by atoms with E-state index in [-0.39, 0.29) is 5.91 Å². The first-order chi connectivity index (χ1) is 14.8. The molecule has 0 bridgehead atoms. The molecule has 0 unspecified atom stereocenters. The van der Waals surface area contributed by atoms with Gasteiger partial charge >= 0.3 is 0 Å². The van der Waals surface area contributed by atoms with Crippen LogP contribution in [0.3, 0.4) is 0 Å². The van der Waals surface area contributed by atoms with Gasteiger partial charge in [0.25, 0.3) is 0 Å². The molecule has 1 aliphatic carbocycles. The summed E-state index contributed by atoms with van der Waals surface area (Å²) >= 11 is 1.45. The minimum atomic E-state index is 0.121. The first-order valence-electron chi connectivity index (χ1n) is 10.3. The van der Waals surface area contributed by atoms with Crippen molar-refractivity contribution >= 4 is 17.7 Å². The van der Waals surface area contributed by atoms with E-state index < -0.39 is 0 Å². The maximum atomic E-state index is 12.9. The summed E-state index contributed by atoms with van der Waals surface area (Å²) in [6, 6.07) is 14.1. The molecule has 0 saturated carbocycles. The fourth-order valence-electron chi connectivity index (χ4n) is 3.66. The van der Waals surface area contributed by atoms with Crippen molar-refractivity contribution in [1.29, 1.82) is 0 Å². The van der Waals surface area contributed by atoms with Crippen molar-refractivity contribution in [3.8, 4) is 11.4 Å². The SMILES string of the molecule is CCN(C(=O)CSc1nnc(-c2ccncc2)n1Cc1ccccc1)C1=CCCC1. The van der Waals surface area contributed by atoms with E-state index in [0.717, 1.165) is 47.1 Å². The zero-order valence-corrected chi connectivity index (χ0v) is 17.9. The lowest BCUT2D eigenvalue weighted by molar-refractivity contribution is -0.126. The van der Waals surface area contributed by atoms with Crippen molar-refractivity contribution in [2.75, 3.05) is 12.3 Å². The van der Waals surface area contributed by atoms with Gasteiger partial charge in [-0.25, -0.2) is 0 Å². The van der Waals surface area contributed by atoms with Gasteiger partial charge in [0.1, 0.15) is 0 Å². The number of rotatable bonds is 8. The van der Waals surface area contributed by atoms with E-state index in [1.165, 1.54) is 11.8 Å². The molecule has 0 radical (unpaired) electrons. The molecule has 1 aromatic carbocycles. The molecule has 2 aromatic heterocycles. The number of hydrogen-bond donors (Lipinski definition) is 0. The van der Waals surface area contributed by atoms with Crippen LogP contribution in [0.1, 0.15) is 31.7 Å². The van der Waals surface area contributed by atoms with E-state index in [0.29, 0.717) is 18.8 Å². The molecule has 30 heavy (non-hydrogen) atoms. The van der Waals surface area contributed by atoms with Gasteiger partial charge < -0.3 is 4.90 Å². The van der Waals surface area contributed by atoms with Crippen LogP contribution >= 0.6 is 11.8 Å². The number of amides is 1. The van der Waals surface area contributed by atoms with Crippen molar-refractivity contribution in [1.82, 2.24) is 24.6 Å². The standard InChI is InChI=1S/C23H25N5OS/c1-2-27(20-10-6-7-11-20)21(29)17-30-23-26-25-22(19-12-14-24-15-13-19)28(23)16-18-8-4-3-5-9-18/h3-5,8-10,12-15H,2,6-7,11,16-17H2,1H3. The summed E-state index contributed by atoms with van der Waals surface area (Å²) in [5.41, 5.74) is 3.27. The van der Waals surface area contributed by atoms with Gasteiger partial charge in [0.2, 0.25) is 5.91 Å². The Morgan fingerprint density at radius 2 is 1.93 bits per heavy atom. The van der Waals surface area contributed by atoms with Crippen LogP contribution in [0.2, 0.25) is 0 Å². The van der Waals surface area contributed by atoms with E-state index in [2.05, 4.69) is 38.0 Å². The highest BCUT2D eigenvalue weighted by atomic mass is 32.2. The van der Waals surface area contributed by atoms with E-state index in [9.17, 15) is 4.79 Å². The number of allylic oxidation sites excluding steroid dienone is 2. The molecular formula is C23H25N5OS. The second-order valence-corrected chi connectivity index (χ2v) is 8.07. The lowest BCUT2D eigenvalue weighted by Crippen LogP contribution is -2.31. The smallest absolute Gasteiger partial charge is 0.237 e. The maximum absolute atomic E-state index is 12.9. The molecule has 6 nitrogen and oxygen atoms in total. The molecule has 7 heteroatoms. The van der Waals surface area contributed by atoms with Crippen molar-refractivity contribution < 1.29 is 4.79 Å². The molecule has 4 rings (SSSR count). The molecule has 0 atom stereocenters. The summed E-state index contributed by atoms with van der Waals surface area (Å²) in [6.07, 6.45) is 8.87. The lowest BCUT2D eigenvalue weighted by Gasteiger charge is -2.22. The Balaban J connectivity index is 1.56. The Kier molecular flexibility index (Phi) is 6.59. The summed E-state index contributed by atoms with van der Waals surface area (Å²) < 4.78 is 2.08. The molecule has 0 fully saturated rings. The Morgan fingerprint density at radius 1 is 1.13 bits per heavy atom. The third-order valence-corrected chi connectivity index (χ3v) is 6.10. The largest absolute Gasteiger partial charge is 0.316 e. The van der Waals surface area contributed by atoms with Gasteiger partial charge in [-0.05, 0) is 43.9 Å². The minimum absolute atomic E-state index is 0.121.